The van der Waals surface area contributed by atoms with E-state index in [2.05, 4.69) is 24.8 Å². The maximum atomic E-state index is 12.7. The number of anilines is 2. The molecule has 192 valence electrons. The van der Waals surface area contributed by atoms with Crippen molar-refractivity contribution in [2.75, 3.05) is 23.7 Å². The Morgan fingerprint density at radius 3 is 2.50 bits per heavy atom. The Morgan fingerprint density at radius 2 is 1.76 bits per heavy atom. The fourth-order valence-corrected chi connectivity index (χ4v) is 5.83. The molecule has 1 atom stereocenters. The Balaban J connectivity index is 1.23. The second kappa shape index (κ2) is 9.70. The molecule has 2 aliphatic rings. The lowest BCUT2D eigenvalue weighted by atomic mass is 9.83. The molecule has 0 saturated carbocycles. The SMILES string of the molecule is CC(=O)c1nc(Sc2ccnc(-c3ccccc3)n2)c(N)nc1N1CCC2(CC1)Oc1ccccc1[C@H]2N. The van der Waals surface area contributed by atoms with Crippen LogP contribution in [0.4, 0.5) is 11.6 Å². The fraction of sp³-hybridized carbons (Fsp3) is 0.250. The summed E-state index contributed by atoms with van der Waals surface area (Å²) < 4.78 is 6.37. The van der Waals surface area contributed by atoms with Crippen LogP contribution in [0.3, 0.4) is 0 Å². The van der Waals surface area contributed by atoms with Crippen molar-refractivity contribution >= 4 is 29.2 Å². The predicted octanol–water partition coefficient (Wildman–Crippen LogP) is 4.30. The van der Waals surface area contributed by atoms with Gasteiger partial charge in [0.1, 0.15) is 27.1 Å². The summed E-state index contributed by atoms with van der Waals surface area (Å²) in [4.78, 5) is 33.0. The number of ketones is 1. The molecule has 2 aromatic carbocycles. The van der Waals surface area contributed by atoms with Crippen LogP contribution in [0, 0.1) is 0 Å². The molecule has 0 amide bonds. The number of benzene rings is 2. The molecule has 0 radical (unpaired) electrons. The number of fused-ring (bicyclic) bond motifs is 1. The van der Waals surface area contributed by atoms with Gasteiger partial charge in [-0.3, -0.25) is 4.79 Å². The maximum Gasteiger partial charge on any atom is 0.181 e. The fourth-order valence-electron chi connectivity index (χ4n) is 5.09. The minimum Gasteiger partial charge on any atom is -0.485 e. The third-order valence-corrected chi connectivity index (χ3v) is 8.04. The van der Waals surface area contributed by atoms with E-state index in [0.717, 1.165) is 16.9 Å². The van der Waals surface area contributed by atoms with Gasteiger partial charge in [0.05, 0.1) is 6.04 Å². The van der Waals surface area contributed by atoms with E-state index in [0.29, 0.717) is 47.6 Å². The maximum absolute atomic E-state index is 12.7. The second-order valence-electron chi connectivity index (χ2n) is 9.50. The number of rotatable bonds is 5. The molecule has 4 heterocycles. The van der Waals surface area contributed by atoms with Gasteiger partial charge in [0.2, 0.25) is 0 Å². The van der Waals surface area contributed by atoms with E-state index in [9.17, 15) is 4.79 Å². The summed E-state index contributed by atoms with van der Waals surface area (Å²) >= 11 is 1.26. The van der Waals surface area contributed by atoms with Crippen LogP contribution in [0.25, 0.3) is 11.4 Å². The van der Waals surface area contributed by atoms with Crippen LogP contribution in [0.2, 0.25) is 0 Å². The van der Waals surface area contributed by atoms with Crippen LogP contribution in [0.15, 0.2) is 76.9 Å². The monoisotopic (exact) mass is 525 g/mol. The zero-order valence-corrected chi connectivity index (χ0v) is 21.7. The van der Waals surface area contributed by atoms with E-state index in [4.69, 9.17) is 16.2 Å². The number of Topliss-reactive ketones (excluding diaryl/α,β-unsaturated/α-hetero) is 1. The average molecular weight is 526 g/mol. The van der Waals surface area contributed by atoms with Gasteiger partial charge in [-0.25, -0.2) is 19.9 Å². The van der Waals surface area contributed by atoms with Crippen molar-refractivity contribution in [3.05, 3.63) is 78.1 Å². The zero-order valence-electron chi connectivity index (χ0n) is 20.9. The lowest BCUT2D eigenvalue weighted by Gasteiger charge is -2.41. The molecule has 1 fully saturated rings. The first-order chi connectivity index (χ1) is 18.4. The highest BCUT2D eigenvalue weighted by atomic mass is 32.2. The molecular formula is C28H27N7O2S. The number of ether oxygens (including phenoxy) is 1. The van der Waals surface area contributed by atoms with E-state index in [1.54, 1.807) is 12.3 Å². The van der Waals surface area contributed by atoms with Crippen molar-refractivity contribution in [2.24, 2.45) is 5.73 Å². The number of nitrogens with zero attached hydrogens (tertiary/aromatic N) is 5. The average Bonchev–Trinajstić information content (AvgIpc) is 3.21. The Bertz CT molecular complexity index is 1510. The second-order valence-corrected chi connectivity index (χ2v) is 10.5. The largest absolute Gasteiger partial charge is 0.485 e. The van der Waals surface area contributed by atoms with Gasteiger partial charge in [-0.1, -0.05) is 48.5 Å². The van der Waals surface area contributed by atoms with Crippen LogP contribution in [-0.4, -0.2) is 44.4 Å². The highest BCUT2D eigenvalue weighted by Gasteiger charge is 2.48. The lowest BCUT2D eigenvalue weighted by Crippen LogP contribution is -2.52. The highest BCUT2D eigenvalue weighted by Crippen LogP contribution is 2.47. The first kappa shape index (κ1) is 24.3. The van der Waals surface area contributed by atoms with E-state index in [1.165, 1.54) is 18.7 Å². The molecule has 2 aromatic heterocycles. The molecule has 0 unspecified atom stereocenters. The highest BCUT2D eigenvalue weighted by molar-refractivity contribution is 7.99. The molecule has 0 aliphatic carbocycles. The number of para-hydroxylation sites is 1. The summed E-state index contributed by atoms with van der Waals surface area (Å²) in [6, 6.07) is 19.2. The Hall–Kier alpha value is -4.02. The quantitative estimate of drug-likeness (QED) is 0.287. The zero-order chi connectivity index (χ0) is 26.3. The van der Waals surface area contributed by atoms with Crippen molar-refractivity contribution in [3.63, 3.8) is 0 Å². The van der Waals surface area contributed by atoms with Gasteiger partial charge in [-0.2, -0.15) is 0 Å². The number of hydrogen-bond acceptors (Lipinski definition) is 10. The first-order valence-corrected chi connectivity index (χ1v) is 13.3. The summed E-state index contributed by atoms with van der Waals surface area (Å²) in [7, 11) is 0. The molecule has 4 N–H and O–H groups in total. The van der Waals surface area contributed by atoms with Crippen LogP contribution in [0.5, 0.6) is 5.75 Å². The number of nitrogen functional groups attached to an aromatic ring is 1. The molecule has 38 heavy (non-hydrogen) atoms. The van der Waals surface area contributed by atoms with E-state index in [1.807, 2.05) is 54.6 Å². The van der Waals surface area contributed by atoms with Crippen molar-refractivity contribution in [3.8, 4) is 17.1 Å². The van der Waals surface area contributed by atoms with Crippen LogP contribution >= 0.6 is 11.8 Å². The van der Waals surface area contributed by atoms with Gasteiger partial charge in [0, 0.05) is 50.2 Å². The first-order valence-electron chi connectivity index (χ1n) is 12.5. The Morgan fingerprint density at radius 1 is 1.03 bits per heavy atom. The Kier molecular flexibility index (Phi) is 6.21. The molecule has 4 aromatic rings. The molecule has 1 spiro atoms. The van der Waals surface area contributed by atoms with Gasteiger partial charge >= 0.3 is 0 Å². The summed E-state index contributed by atoms with van der Waals surface area (Å²) in [6.45, 7) is 2.73. The summed E-state index contributed by atoms with van der Waals surface area (Å²) in [5, 5.41) is 1.09. The topological polar surface area (TPSA) is 133 Å². The van der Waals surface area contributed by atoms with Crippen LogP contribution in [0.1, 0.15) is 41.9 Å². The number of aromatic nitrogens is 4. The Labute approximate surface area is 224 Å². The summed E-state index contributed by atoms with van der Waals surface area (Å²) in [5.74, 6) is 2.01. The minimum absolute atomic E-state index is 0.177. The van der Waals surface area contributed by atoms with Gasteiger partial charge < -0.3 is 21.1 Å². The number of hydrogen-bond donors (Lipinski definition) is 2. The summed E-state index contributed by atoms with van der Waals surface area (Å²) in [5.41, 5.74) is 14.8. The third-order valence-electron chi connectivity index (χ3n) is 7.11. The van der Waals surface area contributed by atoms with Crippen molar-refractivity contribution in [1.82, 2.24) is 19.9 Å². The molecule has 1 saturated heterocycles. The van der Waals surface area contributed by atoms with E-state index < -0.39 is 5.60 Å². The van der Waals surface area contributed by atoms with E-state index >= 15 is 0 Å². The van der Waals surface area contributed by atoms with Crippen molar-refractivity contribution in [2.45, 2.75) is 41.5 Å². The predicted molar refractivity (Wildman–Crippen MR) is 146 cm³/mol. The molecule has 9 nitrogen and oxygen atoms in total. The minimum atomic E-state index is -0.463. The van der Waals surface area contributed by atoms with Crippen molar-refractivity contribution in [1.29, 1.82) is 0 Å². The number of carbonyl (C=O) groups excluding carboxylic acids is 1. The van der Waals surface area contributed by atoms with Crippen LogP contribution < -0.4 is 21.1 Å². The smallest absolute Gasteiger partial charge is 0.181 e. The van der Waals surface area contributed by atoms with Gasteiger partial charge in [-0.15, -0.1) is 0 Å². The molecule has 6 rings (SSSR count). The molecule has 0 bridgehead atoms. The molecule has 10 heteroatoms. The van der Waals surface area contributed by atoms with Crippen molar-refractivity contribution < 1.29 is 9.53 Å². The standard InChI is InChI=1S/C28H27N7O2S/c1-17(36)22-26(35-15-12-28(13-16-35)23(29)19-9-5-6-10-20(19)37-28)34-24(30)27(33-22)38-21-11-14-31-25(32-21)18-7-3-2-4-8-18/h2-11,14,23H,12-13,15-16,29H2,1H3,(H2,30,34)/t23-/m1/s1. The third kappa shape index (κ3) is 4.35. The molecular weight excluding hydrogens is 498 g/mol. The summed E-state index contributed by atoms with van der Waals surface area (Å²) in [6.07, 6.45) is 3.09. The number of carbonyl (C=O) groups is 1. The number of nitrogens with two attached hydrogens (primary N) is 2. The molecule has 2 aliphatic heterocycles. The van der Waals surface area contributed by atoms with Gasteiger partial charge in [0.15, 0.2) is 23.2 Å². The normalized spacial score (nSPS) is 17.7. The number of piperidine rings is 1. The van der Waals surface area contributed by atoms with Crippen LogP contribution in [-0.2, 0) is 0 Å². The van der Waals surface area contributed by atoms with E-state index in [-0.39, 0.29) is 23.3 Å². The van der Waals surface area contributed by atoms with Gasteiger partial charge in [-0.05, 0) is 23.9 Å². The van der Waals surface area contributed by atoms with Gasteiger partial charge in [0.25, 0.3) is 0 Å². The lowest BCUT2D eigenvalue weighted by molar-refractivity contribution is 0.0430.